The van der Waals surface area contributed by atoms with Crippen molar-refractivity contribution >= 4 is 33.4 Å². The highest BCUT2D eigenvalue weighted by atomic mass is 79.9. The summed E-state index contributed by atoms with van der Waals surface area (Å²) in [4.78, 5) is 15.9. The molecule has 0 saturated heterocycles. The number of nitrogens with zero attached hydrogens (tertiary/aromatic N) is 2. The number of carbonyl (C=O) groups excluding carboxylic acids is 1. The second-order valence-corrected chi connectivity index (χ2v) is 5.05. The first-order valence-electron chi connectivity index (χ1n) is 5.35. The quantitative estimate of drug-likeness (QED) is 0.849. The van der Waals surface area contributed by atoms with Crippen LogP contribution in [0.5, 0.6) is 0 Å². The molecule has 0 fully saturated rings. The Bertz CT molecular complexity index is 618. The van der Waals surface area contributed by atoms with Crippen LogP contribution in [0.15, 0.2) is 45.3 Å². The molecule has 0 atom stereocenters. The molecule has 2 aromatic rings. The number of aromatic nitrogens is 1. The summed E-state index contributed by atoms with van der Waals surface area (Å²) in [5.74, 6) is 0. The molecule has 6 heteroatoms. The standard InChI is InChI=1S/C12H11BrN2O2S/c1-2-17-12(16)14-11-15(7-8-18-11)10-6-4-3-5-9(10)13/h3-8H,2H2,1H3/b14-11-. The van der Waals surface area contributed by atoms with Crippen LogP contribution in [0.1, 0.15) is 6.92 Å². The Labute approximate surface area is 117 Å². The molecule has 0 aliphatic heterocycles. The van der Waals surface area contributed by atoms with Crippen molar-refractivity contribution in [3.63, 3.8) is 0 Å². The zero-order valence-corrected chi connectivity index (χ0v) is 12.1. The van der Waals surface area contributed by atoms with Gasteiger partial charge in [-0.3, -0.25) is 4.57 Å². The highest BCUT2D eigenvalue weighted by Gasteiger charge is 2.05. The Morgan fingerprint density at radius 1 is 1.50 bits per heavy atom. The van der Waals surface area contributed by atoms with E-state index in [2.05, 4.69) is 20.9 Å². The van der Waals surface area contributed by atoms with Crippen LogP contribution >= 0.6 is 27.3 Å². The van der Waals surface area contributed by atoms with Crippen LogP contribution in [-0.2, 0) is 4.74 Å². The lowest BCUT2D eigenvalue weighted by Crippen LogP contribution is -2.15. The van der Waals surface area contributed by atoms with Gasteiger partial charge in [0.2, 0.25) is 4.80 Å². The fourth-order valence-electron chi connectivity index (χ4n) is 1.42. The van der Waals surface area contributed by atoms with Crippen LogP contribution in [0.3, 0.4) is 0 Å². The van der Waals surface area contributed by atoms with E-state index in [9.17, 15) is 4.79 Å². The summed E-state index contributed by atoms with van der Waals surface area (Å²) >= 11 is 4.86. The Morgan fingerprint density at radius 2 is 2.28 bits per heavy atom. The minimum absolute atomic E-state index is 0.322. The van der Waals surface area contributed by atoms with Crippen molar-refractivity contribution in [1.82, 2.24) is 4.57 Å². The maximum Gasteiger partial charge on any atom is 0.436 e. The molecule has 0 aliphatic carbocycles. The number of amides is 1. The van der Waals surface area contributed by atoms with Gasteiger partial charge < -0.3 is 4.74 Å². The fraction of sp³-hybridized carbons (Fsp3) is 0.167. The first-order valence-corrected chi connectivity index (χ1v) is 7.02. The van der Waals surface area contributed by atoms with Gasteiger partial charge in [0.05, 0.1) is 12.3 Å². The SMILES string of the molecule is CCOC(=O)/N=c1\sccn1-c1ccccc1Br. The molecule has 94 valence electrons. The van der Waals surface area contributed by atoms with Gasteiger partial charge in [-0.2, -0.15) is 0 Å². The van der Waals surface area contributed by atoms with Crippen molar-refractivity contribution < 1.29 is 9.53 Å². The van der Waals surface area contributed by atoms with Gasteiger partial charge in [0.1, 0.15) is 0 Å². The van der Waals surface area contributed by atoms with Gasteiger partial charge in [0.25, 0.3) is 0 Å². The largest absolute Gasteiger partial charge is 0.448 e. The van der Waals surface area contributed by atoms with Crippen LogP contribution in [0.25, 0.3) is 5.69 Å². The molecule has 0 unspecified atom stereocenters. The molecule has 1 amide bonds. The molecule has 18 heavy (non-hydrogen) atoms. The molecule has 0 saturated carbocycles. The zero-order chi connectivity index (χ0) is 13.0. The number of rotatable bonds is 2. The molecule has 0 N–H and O–H groups in total. The van der Waals surface area contributed by atoms with E-state index in [1.54, 1.807) is 6.92 Å². The smallest absolute Gasteiger partial charge is 0.436 e. The van der Waals surface area contributed by atoms with Crippen LogP contribution in [0.4, 0.5) is 4.79 Å². The van der Waals surface area contributed by atoms with Gasteiger partial charge in [0.15, 0.2) is 0 Å². The number of ether oxygens (including phenoxy) is 1. The minimum atomic E-state index is -0.569. The molecule has 0 bridgehead atoms. The third-order valence-electron chi connectivity index (χ3n) is 2.16. The van der Waals surface area contributed by atoms with Gasteiger partial charge in [-0.25, -0.2) is 4.79 Å². The molecule has 1 aromatic heterocycles. The van der Waals surface area contributed by atoms with E-state index in [0.29, 0.717) is 11.4 Å². The first-order chi connectivity index (χ1) is 8.72. The fourth-order valence-corrected chi connectivity index (χ4v) is 2.60. The number of hydrogen-bond acceptors (Lipinski definition) is 3. The third kappa shape index (κ3) is 2.88. The summed E-state index contributed by atoms with van der Waals surface area (Å²) < 4.78 is 7.59. The summed E-state index contributed by atoms with van der Waals surface area (Å²) in [5, 5.41) is 1.87. The van der Waals surface area contributed by atoms with E-state index >= 15 is 0 Å². The molecule has 0 radical (unpaired) electrons. The molecule has 1 aromatic carbocycles. The van der Waals surface area contributed by atoms with E-state index in [1.807, 2.05) is 40.4 Å². The second-order valence-electron chi connectivity index (χ2n) is 3.32. The van der Waals surface area contributed by atoms with E-state index in [4.69, 9.17) is 4.74 Å². The van der Waals surface area contributed by atoms with E-state index in [1.165, 1.54) is 11.3 Å². The van der Waals surface area contributed by atoms with Crippen LogP contribution in [0.2, 0.25) is 0 Å². The summed E-state index contributed by atoms with van der Waals surface area (Å²) in [6.07, 6.45) is 1.30. The van der Waals surface area contributed by atoms with Gasteiger partial charge in [0, 0.05) is 16.0 Å². The van der Waals surface area contributed by atoms with Crippen LogP contribution in [0, 0.1) is 0 Å². The third-order valence-corrected chi connectivity index (χ3v) is 3.58. The van der Waals surface area contributed by atoms with Gasteiger partial charge in [-0.05, 0) is 35.0 Å². The lowest BCUT2D eigenvalue weighted by Gasteiger charge is -2.04. The molecule has 4 nitrogen and oxygen atoms in total. The zero-order valence-electron chi connectivity index (χ0n) is 9.67. The summed E-state index contributed by atoms with van der Waals surface area (Å²) in [7, 11) is 0. The Morgan fingerprint density at radius 3 is 3.00 bits per heavy atom. The summed E-state index contributed by atoms with van der Waals surface area (Å²) in [5.41, 5.74) is 0.932. The number of benzene rings is 1. The van der Waals surface area contributed by atoms with Crippen LogP contribution in [-0.4, -0.2) is 17.3 Å². The van der Waals surface area contributed by atoms with E-state index in [0.717, 1.165) is 10.2 Å². The number of halogens is 1. The lowest BCUT2D eigenvalue weighted by molar-refractivity contribution is 0.162. The molecule has 0 spiro atoms. The molecule has 0 aliphatic rings. The summed E-state index contributed by atoms with van der Waals surface area (Å²) in [6.45, 7) is 2.08. The van der Waals surface area contributed by atoms with Gasteiger partial charge >= 0.3 is 6.09 Å². The van der Waals surface area contributed by atoms with Crippen molar-refractivity contribution in [3.05, 3.63) is 45.1 Å². The van der Waals surface area contributed by atoms with E-state index in [-0.39, 0.29) is 0 Å². The Balaban J connectivity index is 2.46. The first kappa shape index (κ1) is 13.0. The second kappa shape index (κ2) is 5.97. The molecular weight excluding hydrogens is 316 g/mol. The summed E-state index contributed by atoms with van der Waals surface area (Å²) in [6, 6.07) is 7.75. The average Bonchev–Trinajstić information content (AvgIpc) is 2.78. The molecular formula is C12H11BrN2O2S. The average molecular weight is 327 g/mol. The van der Waals surface area contributed by atoms with E-state index < -0.39 is 6.09 Å². The van der Waals surface area contributed by atoms with Crippen LogP contribution < -0.4 is 4.80 Å². The number of carbonyl (C=O) groups is 1. The highest BCUT2D eigenvalue weighted by Crippen LogP contribution is 2.19. The predicted octanol–water partition coefficient (Wildman–Crippen LogP) is 3.36. The normalized spacial score (nSPS) is 11.6. The monoisotopic (exact) mass is 326 g/mol. The Hall–Kier alpha value is -1.40. The number of hydrogen-bond donors (Lipinski definition) is 0. The maximum atomic E-state index is 11.4. The van der Waals surface area contributed by atoms with Gasteiger partial charge in [-0.1, -0.05) is 12.1 Å². The number of thiazole rings is 1. The van der Waals surface area contributed by atoms with Crippen molar-refractivity contribution in [1.29, 1.82) is 0 Å². The molecule has 1 heterocycles. The lowest BCUT2D eigenvalue weighted by atomic mass is 10.3. The highest BCUT2D eigenvalue weighted by molar-refractivity contribution is 9.10. The van der Waals surface area contributed by atoms with Crippen molar-refractivity contribution in [2.45, 2.75) is 6.92 Å². The predicted molar refractivity (Wildman–Crippen MR) is 73.9 cm³/mol. The van der Waals surface area contributed by atoms with Gasteiger partial charge in [-0.15, -0.1) is 16.3 Å². The molecule has 2 rings (SSSR count). The van der Waals surface area contributed by atoms with Crippen molar-refractivity contribution in [2.75, 3.05) is 6.61 Å². The minimum Gasteiger partial charge on any atom is -0.448 e. The van der Waals surface area contributed by atoms with Crippen molar-refractivity contribution in [3.8, 4) is 5.69 Å². The van der Waals surface area contributed by atoms with Crippen molar-refractivity contribution in [2.24, 2.45) is 4.99 Å². The number of para-hydroxylation sites is 1. The topological polar surface area (TPSA) is 43.6 Å². The maximum absolute atomic E-state index is 11.4. The Kier molecular flexibility index (Phi) is 4.33.